The molecule has 21 heavy (non-hydrogen) atoms. The molecule has 9 nitrogen and oxygen atoms in total. The number of nitrogen functional groups attached to an aromatic ring is 1. The van der Waals surface area contributed by atoms with E-state index in [1.807, 2.05) is 0 Å². The Bertz CT molecular complexity index is 748. The van der Waals surface area contributed by atoms with Gasteiger partial charge in [0.05, 0.1) is 0 Å². The van der Waals surface area contributed by atoms with Crippen LogP contribution < -0.4 is 16.0 Å². The molecule has 2 heterocycles. The number of hydrazine groups is 1. The molecule has 0 atom stereocenters. The molecule has 0 unspecified atom stereocenters. The first-order chi connectivity index (χ1) is 10.3. The first kappa shape index (κ1) is 12.9. The maximum absolute atomic E-state index is 13.6. The number of benzene rings is 1. The van der Waals surface area contributed by atoms with Crippen molar-refractivity contribution in [2.24, 2.45) is 5.84 Å². The second-order valence-corrected chi connectivity index (χ2v) is 3.76. The summed E-state index contributed by atoms with van der Waals surface area (Å²) in [4.78, 5) is 15.7. The fourth-order valence-corrected chi connectivity index (χ4v) is 1.50. The lowest BCUT2D eigenvalue weighted by Gasteiger charge is -2.07. The van der Waals surface area contributed by atoms with Gasteiger partial charge in [-0.25, -0.2) is 15.2 Å². The van der Waals surface area contributed by atoms with E-state index in [2.05, 4.69) is 30.5 Å². The van der Waals surface area contributed by atoms with Crippen LogP contribution in [0, 0.1) is 5.82 Å². The highest BCUT2D eigenvalue weighted by Gasteiger charge is 2.11. The minimum absolute atomic E-state index is 0.0174. The average molecular weight is 288 g/mol. The topological polar surface area (TPSA) is 117 Å². The number of anilines is 1. The lowest BCUT2D eigenvalue weighted by Crippen LogP contribution is -2.14. The minimum atomic E-state index is -0.539. The standard InChI is InChI=1S/C11H9FN8O/c12-7-3-1-2-4-8(7)21-11-17-9(19-13)16-10(18-11)20-6-14-5-15-20/h1-6H,13H2,(H,16,17,18,19). The van der Waals surface area contributed by atoms with Crippen LogP contribution in [0.3, 0.4) is 0 Å². The van der Waals surface area contributed by atoms with Gasteiger partial charge < -0.3 is 4.74 Å². The molecule has 0 aliphatic rings. The largest absolute Gasteiger partial charge is 0.421 e. The molecule has 10 heteroatoms. The Kier molecular flexibility index (Phi) is 3.35. The summed E-state index contributed by atoms with van der Waals surface area (Å²) < 4.78 is 20.2. The van der Waals surface area contributed by atoms with E-state index in [9.17, 15) is 4.39 Å². The molecule has 106 valence electrons. The highest BCUT2D eigenvalue weighted by molar-refractivity contribution is 5.31. The van der Waals surface area contributed by atoms with Crippen LogP contribution in [0.15, 0.2) is 36.9 Å². The van der Waals surface area contributed by atoms with Crippen LogP contribution in [-0.4, -0.2) is 29.7 Å². The normalized spacial score (nSPS) is 10.4. The van der Waals surface area contributed by atoms with Crippen molar-refractivity contribution in [3.63, 3.8) is 0 Å². The SMILES string of the molecule is NNc1nc(Oc2ccccc2F)nc(-n2cncn2)n1. The fraction of sp³-hybridized carbons (Fsp3) is 0. The highest BCUT2D eigenvalue weighted by atomic mass is 19.1. The van der Waals surface area contributed by atoms with Crippen LogP contribution in [0.5, 0.6) is 11.8 Å². The maximum Gasteiger partial charge on any atom is 0.328 e. The minimum Gasteiger partial charge on any atom is -0.421 e. The van der Waals surface area contributed by atoms with Crippen LogP contribution in [0.1, 0.15) is 0 Å². The number of para-hydroxylation sites is 1. The van der Waals surface area contributed by atoms with Crippen molar-refractivity contribution < 1.29 is 9.13 Å². The zero-order valence-electron chi connectivity index (χ0n) is 10.5. The van der Waals surface area contributed by atoms with E-state index >= 15 is 0 Å². The van der Waals surface area contributed by atoms with Crippen molar-refractivity contribution in [1.29, 1.82) is 0 Å². The molecule has 0 aliphatic heterocycles. The second-order valence-electron chi connectivity index (χ2n) is 3.76. The number of halogens is 1. The molecule has 3 aromatic rings. The number of aromatic nitrogens is 6. The number of hydrogen-bond donors (Lipinski definition) is 2. The third kappa shape index (κ3) is 2.74. The quantitative estimate of drug-likeness (QED) is 0.531. The third-order valence-corrected chi connectivity index (χ3v) is 2.39. The van der Waals surface area contributed by atoms with Crippen LogP contribution >= 0.6 is 0 Å². The Morgan fingerprint density at radius 1 is 1.19 bits per heavy atom. The molecule has 0 saturated heterocycles. The van der Waals surface area contributed by atoms with Gasteiger partial charge >= 0.3 is 6.01 Å². The molecule has 1 aromatic carbocycles. The molecule has 0 bridgehead atoms. The van der Waals surface area contributed by atoms with Gasteiger partial charge in [-0.1, -0.05) is 12.1 Å². The molecule has 0 saturated carbocycles. The Morgan fingerprint density at radius 2 is 2.05 bits per heavy atom. The van der Waals surface area contributed by atoms with Crippen LogP contribution in [-0.2, 0) is 0 Å². The number of nitrogens with one attached hydrogen (secondary N) is 1. The van der Waals surface area contributed by atoms with Gasteiger partial charge in [0.15, 0.2) is 11.6 Å². The Labute approximate surface area is 117 Å². The van der Waals surface area contributed by atoms with E-state index in [-0.39, 0.29) is 23.7 Å². The summed E-state index contributed by atoms with van der Waals surface area (Å²) in [6.07, 6.45) is 2.71. The van der Waals surface area contributed by atoms with Gasteiger partial charge in [-0.2, -0.15) is 24.7 Å². The van der Waals surface area contributed by atoms with Crippen LogP contribution in [0.25, 0.3) is 5.95 Å². The molecule has 0 fully saturated rings. The van der Waals surface area contributed by atoms with Crippen molar-refractivity contribution >= 4 is 5.95 Å². The van der Waals surface area contributed by atoms with Crippen LogP contribution in [0.2, 0.25) is 0 Å². The average Bonchev–Trinajstić information content (AvgIpc) is 3.04. The first-order valence-electron chi connectivity index (χ1n) is 5.76. The Balaban J connectivity index is 1.99. The molecular formula is C11H9FN8O. The summed E-state index contributed by atoms with van der Waals surface area (Å²) >= 11 is 0. The van der Waals surface area contributed by atoms with Gasteiger partial charge in [0.1, 0.15) is 12.7 Å². The lowest BCUT2D eigenvalue weighted by atomic mass is 10.3. The van der Waals surface area contributed by atoms with Gasteiger partial charge in [0.25, 0.3) is 5.95 Å². The first-order valence-corrected chi connectivity index (χ1v) is 5.76. The number of hydrogen-bond acceptors (Lipinski definition) is 8. The summed E-state index contributed by atoms with van der Waals surface area (Å²) in [5.41, 5.74) is 2.27. The van der Waals surface area contributed by atoms with E-state index in [4.69, 9.17) is 10.6 Å². The maximum atomic E-state index is 13.6. The third-order valence-electron chi connectivity index (χ3n) is 2.39. The molecule has 3 N–H and O–H groups in total. The zero-order valence-corrected chi connectivity index (χ0v) is 10.5. The monoisotopic (exact) mass is 288 g/mol. The van der Waals surface area contributed by atoms with Crippen molar-refractivity contribution in [3.8, 4) is 17.7 Å². The van der Waals surface area contributed by atoms with Crippen molar-refractivity contribution in [2.75, 3.05) is 5.43 Å². The molecule has 2 aromatic heterocycles. The van der Waals surface area contributed by atoms with Gasteiger partial charge in [-0.3, -0.25) is 5.43 Å². The Hall–Kier alpha value is -3.14. The highest BCUT2D eigenvalue weighted by Crippen LogP contribution is 2.22. The van der Waals surface area contributed by atoms with E-state index in [1.54, 1.807) is 12.1 Å². The second kappa shape index (κ2) is 5.46. The fourth-order valence-electron chi connectivity index (χ4n) is 1.50. The number of nitrogens with two attached hydrogens (primary N) is 1. The predicted octanol–water partition coefficient (Wildman–Crippen LogP) is 0.669. The molecule has 0 spiro atoms. The molecule has 3 rings (SSSR count). The van der Waals surface area contributed by atoms with Crippen molar-refractivity contribution in [3.05, 3.63) is 42.7 Å². The van der Waals surface area contributed by atoms with Gasteiger partial charge in [-0.15, -0.1) is 0 Å². The summed E-state index contributed by atoms with van der Waals surface area (Å²) in [6.45, 7) is 0. The van der Waals surface area contributed by atoms with Crippen LogP contribution in [0.4, 0.5) is 10.3 Å². The molecule has 0 amide bonds. The van der Waals surface area contributed by atoms with Gasteiger partial charge in [0.2, 0.25) is 5.95 Å². The lowest BCUT2D eigenvalue weighted by molar-refractivity contribution is 0.408. The van der Waals surface area contributed by atoms with Gasteiger partial charge in [-0.05, 0) is 12.1 Å². The van der Waals surface area contributed by atoms with Crippen molar-refractivity contribution in [2.45, 2.75) is 0 Å². The Morgan fingerprint density at radius 3 is 2.76 bits per heavy atom. The summed E-state index contributed by atoms with van der Waals surface area (Å²) in [5.74, 6) is 4.90. The van der Waals surface area contributed by atoms with E-state index < -0.39 is 5.82 Å². The van der Waals surface area contributed by atoms with E-state index in [0.29, 0.717) is 0 Å². The summed E-state index contributed by atoms with van der Waals surface area (Å²) in [7, 11) is 0. The number of ether oxygens (including phenoxy) is 1. The number of nitrogens with zero attached hydrogens (tertiary/aromatic N) is 6. The van der Waals surface area contributed by atoms with E-state index in [0.717, 1.165) is 0 Å². The molecular weight excluding hydrogens is 279 g/mol. The number of rotatable bonds is 4. The van der Waals surface area contributed by atoms with Crippen molar-refractivity contribution in [1.82, 2.24) is 29.7 Å². The molecule has 0 aliphatic carbocycles. The molecule has 0 radical (unpaired) electrons. The predicted molar refractivity (Wildman–Crippen MR) is 69.0 cm³/mol. The summed E-state index contributed by atoms with van der Waals surface area (Å²) in [5, 5.41) is 3.88. The van der Waals surface area contributed by atoms with Gasteiger partial charge in [0, 0.05) is 0 Å². The van der Waals surface area contributed by atoms with E-state index in [1.165, 1.54) is 29.5 Å². The zero-order chi connectivity index (χ0) is 14.7. The smallest absolute Gasteiger partial charge is 0.328 e. The summed E-state index contributed by atoms with van der Waals surface area (Å²) in [6, 6.07) is 5.75.